The average molecular weight is 341 g/mol. The van der Waals surface area contributed by atoms with Gasteiger partial charge in [0.25, 0.3) is 10.0 Å². The first-order valence-corrected chi connectivity index (χ1v) is 8.72. The molecule has 2 rings (SSSR count). The fraction of sp³-hybridized carbons (Fsp3) is 0.267. The zero-order valence-corrected chi connectivity index (χ0v) is 13.9. The van der Waals surface area contributed by atoms with E-state index in [1.807, 2.05) is 13.8 Å². The number of anilines is 1. The molecule has 0 saturated heterocycles. The summed E-state index contributed by atoms with van der Waals surface area (Å²) in [5.74, 6) is 0.921. The van der Waals surface area contributed by atoms with E-state index < -0.39 is 10.0 Å². The van der Waals surface area contributed by atoms with Crippen molar-refractivity contribution in [2.45, 2.75) is 25.2 Å². The van der Waals surface area contributed by atoms with E-state index >= 15 is 0 Å². The van der Waals surface area contributed by atoms with Crippen molar-refractivity contribution in [3.05, 3.63) is 47.1 Å². The fourth-order valence-electron chi connectivity index (χ4n) is 1.93. The lowest BCUT2D eigenvalue weighted by molar-refractivity contribution is 0.336. The lowest BCUT2D eigenvalue weighted by atomic mass is 10.1. The Kier molecular flexibility index (Phi) is 5.26. The molecule has 1 aromatic heterocycles. The van der Waals surface area contributed by atoms with Crippen LogP contribution in [0.5, 0.6) is 5.75 Å². The Balaban J connectivity index is 2.30. The lowest BCUT2D eigenvalue weighted by Crippen LogP contribution is -2.14. The van der Waals surface area contributed by atoms with Gasteiger partial charge in [-0.05, 0) is 49.2 Å². The molecule has 0 spiro atoms. The molecule has 1 heterocycles. The van der Waals surface area contributed by atoms with Gasteiger partial charge in [-0.25, -0.2) is 13.4 Å². The number of nitrogens with zero attached hydrogens (tertiary/aromatic N) is 1. The van der Waals surface area contributed by atoms with Crippen molar-refractivity contribution in [3.8, 4) is 5.75 Å². The number of nitrogens with one attached hydrogen (secondary N) is 1. The summed E-state index contributed by atoms with van der Waals surface area (Å²) >= 11 is 5.73. The van der Waals surface area contributed by atoms with Crippen LogP contribution in [-0.4, -0.2) is 20.0 Å². The number of hydrogen-bond acceptors (Lipinski definition) is 4. The maximum absolute atomic E-state index is 12.4. The van der Waals surface area contributed by atoms with Crippen molar-refractivity contribution in [1.82, 2.24) is 4.98 Å². The van der Waals surface area contributed by atoms with Crippen LogP contribution < -0.4 is 9.46 Å². The van der Waals surface area contributed by atoms with Crippen LogP contribution in [0.25, 0.3) is 0 Å². The van der Waals surface area contributed by atoms with Crippen molar-refractivity contribution in [3.63, 3.8) is 0 Å². The highest BCUT2D eigenvalue weighted by Crippen LogP contribution is 2.24. The number of pyridine rings is 1. The van der Waals surface area contributed by atoms with Crippen LogP contribution in [0.1, 0.15) is 19.4 Å². The highest BCUT2D eigenvalue weighted by Gasteiger charge is 2.17. The Hall–Kier alpha value is -1.79. The second-order valence-corrected chi connectivity index (χ2v) is 6.64. The molecule has 0 amide bonds. The molecule has 0 aliphatic rings. The Morgan fingerprint density at radius 2 is 2.00 bits per heavy atom. The van der Waals surface area contributed by atoms with Gasteiger partial charge < -0.3 is 4.74 Å². The molecular formula is C15H17ClN2O3S. The van der Waals surface area contributed by atoms with Crippen LogP contribution >= 0.6 is 11.6 Å². The first-order valence-electron chi connectivity index (χ1n) is 6.86. The third-order valence-electron chi connectivity index (χ3n) is 2.99. The average Bonchev–Trinajstić information content (AvgIpc) is 2.50. The maximum atomic E-state index is 12.4. The van der Waals surface area contributed by atoms with Crippen LogP contribution in [-0.2, 0) is 16.4 Å². The van der Waals surface area contributed by atoms with Crippen LogP contribution in [0.2, 0.25) is 5.02 Å². The molecule has 0 atom stereocenters. The number of benzene rings is 1. The van der Waals surface area contributed by atoms with E-state index in [-0.39, 0.29) is 10.7 Å². The topological polar surface area (TPSA) is 68.3 Å². The number of hydrogen-bond donors (Lipinski definition) is 1. The van der Waals surface area contributed by atoms with E-state index in [0.29, 0.717) is 23.8 Å². The monoisotopic (exact) mass is 340 g/mol. The SMILES string of the molecule is CCOc1ccc(S(=O)(=O)Nc2ccc(Cl)cn2)cc1CC. The van der Waals surface area contributed by atoms with Gasteiger partial charge in [0.05, 0.1) is 16.5 Å². The van der Waals surface area contributed by atoms with E-state index in [1.54, 1.807) is 18.2 Å². The Bertz CT molecular complexity index is 746. The van der Waals surface area contributed by atoms with Crippen LogP contribution in [0.4, 0.5) is 5.82 Å². The number of aryl methyl sites for hydroxylation is 1. The van der Waals surface area contributed by atoms with Crippen molar-refractivity contribution >= 4 is 27.4 Å². The van der Waals surface area contributed by atoms with Gasteiger partial charge in [-0.1, -0.05) is 18.5 Å². The normalized spacial score (nSPS) is 11.2. The molecule has 0 aliphatic carbocycles. The van der Waals surface area contributed by atoms with Crippen LogP contribution in [0.3, 0.4) is 0 Å². The molecule has 2 aromatic rings. The van der Waals surface area contributed by atoms with Gasteiger partial charge in [0.15, 0.2) is 0 Å². The number of halogens is 1. The van der Waals surface area contributed by atoms with Crippen molar-refractivity contribution in [1.29, 1.82) is 0 Å². The predicted octanol–water partition coefficient (Wildman–Crippen LogP) is 3.50. The Morgan fingerprint density at radius 3 is 2.59 bits per heavy atom. The molecule has 7 heteroatoms. The minimum Gasteiger partial charge on any atom is -0.494 e. The quantitative estimate of drug-likeness (QED) is 0.873. The molecule has 0 unspecified atom stereocenters. The van der Waals surface area contributed by atoms with Gasteiger partial charge in [-0.2, -0.15) is 0 Å². The van der Waals surface area contributed by atoms with Crippen molar-refractivity contribution in [2.24, 2.45) is 0 Å². The maximum Gasteiger partial charge on any atom is 0.263 e. The minimum absolute atomic E-state index is 0.171. The van der Waals surface area contributed by atoms with Crippen LogP contribution in [0.15, 0.2) is 41.4 Å². The van der Waals surface area contributed by atoms with Gasteiger partial charge in [0.2, 0.25) is 0 Å². The van der Waals surface area contributed by atoms with Crippen molar-refractivity contribution < 1.29 is 13.2 Å². The predicted molar refractivity (Wildman–Crippen MR) is 87.0 cm³/mol. The smallest absolute Gasteiger partial charge is 0.263 e. The first-order chi connectivity index (χ1) is 10.5. The third-order valence-corrected chi connectivity index (χ3v) is 4.57. The fourth-order valence-corrected chi connectivity index (χ4v) is 3.10. The van der Waals surface area contributed by atoms with E-state index in [0.717, 1.165) is 5.56 Å². The molecule has 0 fully saturated rings. The van der Waals surface area contributed by atoms with Gasteiger partial charge in [-0.3, -0.25) is 4.72 Å². The van der Waals surface area contributed by atoms with E-state index in [9.17, 15) is 8.42 Å². The summed E-state index contributed by atoms with van der Waals surface area (Å²) in [6, 6.07) is 7.88. The summed E-state index contributed by atoms with van der Waals surface area (Å²) in [5.41, 5.74) is 0.841. The lowest BCUT2D eigenvalue weighted by Gasteiger charge is -2.12. The molecule has 22 heavy (non-hydrogen) atoms. The minimum atomic E-state index is -3.70. The number of rotatable bonds is 6. The number of ether oxygens (including phenoxy) is 1. The van der Waals surface area contributed by atoms with Gasteiger partial charge in [-0.15, -0.1) is 0 Å². The largest absolute Gasteiger partial charge is 0.494 e. The summed E-state index contributed by atoms with van der Waals surface area (Å²) in [4.78, 5) is 4.10. The van der Waals surface area contributed by atoms with Crippen molar-refractivity contribution in [2.75, 3.05) is 11.3 Å². The van der Waals surface area contributed by atoms with E-state index in [1.165, 1.54) is 18.3 Å². The summed E-state index contributed by atoms with van der Waals surface area (Å²) < 4.78 is 32.7. The Morgan fingerprint density at radius 1 is 1.23 bits per heavy atom. The zero-order valence-electron chi connectivity index (χ0n) is 12.3. The van der Waals surface area contributed by atoms with Gasteiger partial charge in [0, 0.05) is 6.20 Å². The molecular weight excluding hydrogens is 324 g/mol. The zero-order chi connectivity index (χ0) is 16.2. The summed E-state index contributed by atoms with van der Waals surface area (Å²) in [7, 11) is -3.70. The molecule has 1 N–H and O–H groups in total. The molecule has 1 aromatic carbocycles. The number of aromatic nitrogens is 1. The molecule has 0 aliphatic heterocycles. The summed E-state index contributed by atoms with van der Waals surface area (Å²) in [5, 5.41) is 0.442. The molecule has 0 bridgehead atoms. The number of sulfonamides is 1. The molecule has 5 nitrogen and oxygen atoms in total. The van der Waals surface area contributed by atoms with Gasteiger partial charge in [0.1, 0.15) is 11.6 Å². The van der Waals surface area contributed by atoms with E-state index in [4.69, 9.17) is 16.3 Å². The second kappa shape index (κ2) is 6.98. The first kappa shape index (κ1) is 16.6. The van der Waals surface area contributed by atoms with E-state index in [2.05, 4.69) is 9.71 Å². The third kappa shape index (κ3) is 3.90. The molecule has 118 valence electrons. The molecule has 0 radical (unpaired) electrons. The Labute approximate surface area is 135 Å². The standard InChI is InChI=1S/C15H17ClN2O3S/c1-3-11-9-13(6-7-14(11)21-4-2)22(19,20)18-15-8-5-12(16)10-17-15/h5-10H,3-4H2,1-2H3,(H,17,18). The van der Waals surface area contributed by atoms with Crippen LogP contribution in [0, 0.1) is 0 Å². The highest BCUT2D eigenvalue weighted by atomic mass is 35.5. The highest BCUT2D eigenvalue weighted by molar-refractivity contribution is 7.92. The summed E-state index contributed by atoms with van der Waals surface area (Å²) in [6.45, 7) is 4.37. The second-order valence-electron chi connectivity index (χ2n) is 4.52. The molecule has 0 saturated carbocycles. The summed E-state index contributed by atoms with van der Waals surface area (Å²) in [6.07, 6.45) is 2.06. The van der Waals surface area contributed by atoms with Gasteiger partial charge >= 0.3 is 0 Å².